The number of halogens is 1. The summed E-state index contributed by atoms with van der Waals surface area (Å²) < 4.78 is 1.63. The van der Waals surface area contributed by atoms with Crippen molar-refractivity contribution in [3.8, 4) is 0 Å². The average molecular weight is 221 g/mol. The van der Waals surface area contributed by atoms with Crippen LogP contribution in [0.25, 0.3) is 0 Å². The van der Waals surface area contributed by atoms with Gasteiger partial charge >= 0.3 is 5.97 Å². The highest BCUT2D eigenvalue weighted by atomic mass is 79.9. The molecule has 0 aliphatic carbocycles. The molecule has 0 atom stereocenters. The molecule has 0 radical (unpaired) electrons. The number of aromatic amines is 1. The molecule has 11 heavy (non-hydrogen) atoms. The van der Waals surface area contributed by atoms with Gasteiger partial charge in [0.1, 0.15) is 12.4 Å². The van der Waals surface area contributed by atoms with Crippen molar-refractivity contribution in [2.24, 2.45) is 0 Å². The largest absolute Gasteiger partial charge is 1.00 e. The van der Waals surface area contributed by atoms with E-state index in [4.69, 9.17) is 5.11 Å². The Kier molecular flexibility index (Phi) is 3.81. The zero-order valence-electron chi connectivity index (χ0n) is 6.04. The molecule has 0 bridgehead atoms. The Morgan fingerprint density at radius 1 is 1.82 bits per heavy atom. The van der Waals surface area contributed by atoms with Crippen LogP contribution in [-0.2, 0) is 11.3 Å². The predicted octanol–water partition coefficient (Wildman–Crippen LogP) is -3.30. The topological polar surface area (TPSA) is 57.0 Å². The van der Waals surface area contributed by atoms with E-state index >= 15 is 0 Å². The number of H-pyrrole nitrogens is 1. The SMILES string of the molecule is Cc1[nH]cc[n+]1CC(=O)O.[Br-]. The van der Waals surface area contributed by atoms with Crippen LogP contribution in [-0.4, -0.2) is 16.1 Å². The third-order valence-electron chi connectivity index (χ3n) is 1.28. The van der Waals surface area contributed by atoms with Crippen molar-refractivity contribution < 1.29 is 31.4 Å². The summed E-state index contributed by atoms with van der Waals surface area (Å²) in [6, 6.07) is 0. The third kappa shape index (κ3) is 2.71. The van der Waals surface area contributed by atoms with Gasteiger partial charge in [-0.25, -0.2) is 14.3 Å². The molecule has 1 aromatic heterocycles. The minimum absolute atomic E-state index is 0. The average Bonchev–Trinajstić information content (AvgIpc) is 2.15. The molecular weight excluding hydrogens is 212 g/mol. The summed E-state index contributed by atoms with van der Waals surface area (Å²) in [4.78, 5) is 13.1. The molecule has 2 N–H and O–H groups in total. The Morgan fingerprint density at radius 2 is 2.45 bits per heavy atom. The first kappa shape index (κ1) is 10.2. The quantitative estimate of drug-likeness (QED) is 0.514. The molecule has 4 nitrogen and oxygen atoms in total. The van der Waals surface area contributed by atoms with Crippen LogP contribution in [0.3, 0.4) is 0 Å². The van der Waals surface area contributed by atoms with Crippen molar-refractivity contribution in [3.63, 3.8) is 0 Å². The summed E-state index contributed by atoms with van der Waals surface area (Å²) >= 11 is 0. The molecule has 1 heterocycles. The van der Waals surface area contributed by atoms with E-state index in [9.17, 15) is 4.79 Å². The fourth-order valence-corrected chi connectivity index (χ4v) is 0.760. The highest BCUT2D eigenvalue weighted by molar-refractivity contribution is 5.64. The van der Waals surface area contributed by atoms with Crippen molar-refractivity contribution in [1.82, 2.24) is 4.98 Å². The molecule has 62 valence electrons. The molecular formula is C6H9BrN2O2. The van der Waals surface area contributed by atoms with E-state index in [1.807, 2.05) is 6.92 Å². The first-order valence-electron chi connectivity index (χ1n) is 2.95. The molecule has 1 rings (SSSR count). The van der Waals surface area contributed by atoms with Gasteiger partial charge in [0.15, 0.2) is 6.54 Å². The van der Waals surface area contributed by atoms with E-state index in [0.717, 1.165) is 5.82 Å². The van der Waals surface area contributed by atoms with Gasteiger partial charge in [0.25, 0.3) is 5.82 Å². The number of hydrogen-bond acceptors (Lipinski definition) is 1. The number of nitrogens with zero attached hydrogens (tertiary/aromatic N) is 1. The lowest BCUT2D eigenvalue weighted by Gasteiger charge is -1.89. The molecule has 0 aromatic carbocycles. The number of rotatable bonds is 2. The second-order valence-electron chi connectivity index (χ2n) is 2.07. The highest BCUT2D eigenvalue weighted by Gasteiger charge is 2.07. The number of aliphatic carboxylic acids is 1. The number of aryl methyl sites for hydroxylation is 1. The maximum atomic E-state index is 10.2. The molecule has 0 aliphatic rings. The molecule has 0 saturated carbocycles. The minimum atomic E-state index is -0.826. The Labute approximate surface area is 74.6 Å². The first-order chi connectivity index (χ1) is 4.70. The third-order valence-corrected chi connectivity index (χ3v) is 1.28. The fraction of sp³-hybridized carbons (Fsp3) is 0.333. The number of nitrogens with one attached hydrogen (secondary N) is 1. The number of carboxylic acids is 1. The first-order valence-corrected chi connectivity index (χ1v) is 2.95. The van der Waals surface area contributed by atoms with Crippen LogP contribution >= 0.6 is 0 Å². The lowest BCUT2D eigenvalue weighted by molar-refractivity contribution is -0.690. The zero-order chi connectivity index (χ0) is 7.56. The number of hydrogen-bond donors (Lipinski definition) is 2. The van der Waals surface area contributed by atoms with Gasteiger partial charge in [-0.05, 0) is 0 Å². The maximum absolute atomic E-state index is 10.2. The molecule has 0 saturated heterocycles. The molecule has 0 fully saturated rings. The maximum Gasteiger partial charge on any atom is 0.346 e. The van der Waals surface area contributed by atoms with Crippen molar-refractivity contribution in [3.05, 3.63) is 18.2 Å². The Morgan fingerprint density at radius 3 is 2.82 bits per heavy atom. The van der Waals surface area contributed by atoms with E-state index in [2.05, 4.69) is 4.98 Å². The molecule has 0 spiro atoms. The standard InChI is InChI=1S/C6H8N2O2.BrH/c1-5-7-2-3-8(5)4-6(9)10;/h2-3H,4H2,1H3,(H,9,10);1H. The highest BCUT2D eigenvalue weighted by Crippen LogP contribution is 1.80. The van der Waals surface area contributed by atoms with Gasteiger partial charge in [0.05, 0.1) is 0 Å². The van der Waals surface area contributed by atoms with Crippen LogP contribution in [0.1, 0.15) is 5.82 Å². The molecule has 0 aliphatic heterocycles. The smallest absolute Gasteiger partial charge is 0.346 e. The van der Waals surface area contributed by atoms with Crippen LogP contribution in [0.5, 0.6) is 0 Å². The summed E-state index contributed by atoms with van der Waals surface area (Å²) in [5.41, 5.74) is 0. The fourth-order valence-electron chi connectivity index (χ4n) is 0.760. The van der Waals surface area contributed by atoms with Gasteiger partial charge in [0, 0.05) is 6.92 Å². The van der Waals surface area contributed by atoms with E-state index < -0.39 is 5.97 Å². The minimum Gasteiger partial charge on any atom is -1.00 e. The van der Waals surface area contributed by atoms with Crippen LogP contribution in [0, 0.1) is 6.92 Å². The number of carbonyl (C=O) groups is 1. The van der Waals surface area contributed by atoms with Crippen molar-refractivity contribution in [1.29, 1.82) is 0 Å². The molecule has 5 heteroatoms. The van der Waals surface area contributed by atoms with Crippen LogP contribution < -0.4 is 21.5 Å². The van der Waals surface area contributed by atoms with Gasteiger partial charge in [0.2, 0.25) is 0 Å². The summed E-state index contributed by atoms with van der Waals surface area (Å²) in [5.74, 6) is 0.0232. The Balaban J connectivity index is 0.000001000. The summed E-state index contributed by atoms with van der Waals surface area (Å²) in [6.45, 7) is 1.85. The number of aromatic nitrogens is 2. The second kappa shape index (κ2) is 4.12. The van der Waals surface area contributed by atoms with Crippen LogP contribution in [0.2, 0.25) is 0 Å². The molecule has 0 unspecified atom stereocenters. The van der Waals surface area contributed by atoms with E-state index in [-0.39, 0.29) is 23.5 Å². The van der Waals surface area contributed by atoms with Crippen molar-refractivity contribution in [2.45, 2.75) is 13.5 Å². The Bertz CT molecular complexity index is 246. The van der Waals surface area contributed by atoms with Gasteiger partial charge < -0.3 is 22.1 Å². The van der Waals surface area contributed by atoms with Gasteiger partial charge in [-0.2, -0.15) is 0 Å². The Hall–Kier alpha value is -0.840. The molecule has 0 amide bonds. The van der Waals surface area contributed by atoms with E-state index in [1.54, 1.807) is 17.0 Å². The van der Waals surface area contributed by atoms with Gasteiger partial charge in [-0.3, -0.25) is 0 Å². The van der Waals surface area contributed by atoms with E-state index in [0.29, 0.717) is 0 Å². The summed E-state index contributed by atoms with van der Waals surface area (Å²) in [6.07, 6.45) is 3.40. The van der Waals surface area contributed by atoms with Crippen molar-refractivity contribution in [2.75, 3.05) is 0 Å². The second-order valence-corrected chi connectivity index (χ2v) is 2.07. The summed E-state index contributed by atoms with van der Waals surface area (Å²) in [7, 11) is 0. The van der Waals surface area contributed by atoms with Gasteiger partial charge in [-0.1, -0.05) is 0 Å². The van der Waals surface area contributed by atoms with Gasteiger partial charge in [-0.15, -0.1) is 0 Å². The number of imidazole rings is 1. The lowest BCUT2D eigenvalue weighted by Crippen LogP contribution is -3.00. The molecule has 1 aromatic rings. The number of carboxylic acid groups (broad SMARTS) is 1. The predicted molar refractivity (Wildman–Crippen MR) is 33.4 cm³/mol. The monoisotopic (exact) mass is 220 g/mol. The normalized spacial score (nSPS) is 8.82. The van der Waals surface area contributed by atoms with Crippen molar-refractivity contribution >= 4 is 5.97 Å². The summed E-state index contributed by atoms with van der Waals surface area (Å²) in [5, 5.41) is 8.38. The van der Waals surface area contributed by atoms with Crippen LogP contribution in [0.15, 0.2) is 12.4 Å². The van der Waals surface area contributed by atoms with Crippen LogP contribution in [0.4, 0.5) is 0 Å². The lowest BCUT2D eigenvalue weighted by atomic mass is 10.6. The zero-order valence-corrected chi connectivity index (χ0v) is 7.63. The van der Waals surface area contributed by atoms with E-state index in [1.165, 1.54) is 0 Å².